The van der Waals surface area contributed by atoms with Crippen LogP contribution in [0.1, 0.15) is 43.4 Å². The van der Waals surface area contributed by atoms with E-state index in [1.54, 1.807) is 4.90 Å². The molecule has 0 radical (unpaired) electrons. The maximum atomic E-state index is 14.6. The number of ether oxygens (including phenoxy) is 1. The fraction of sp³-hybridized carbons (Fsp3) is 0.486. The predicted molar refractivity (Wildman–Crippen MR) is 167 cm³/mol. The summed E-state index contributed by atoms with van der Waals surface area (Å²) in [5.41, 5.74) is 4.12. The Bertz CT molecular complexity index is 1670. The molecule has 9 nitrogen and oxygen atoms in total. The molecule has 3 fully saturated rings. The van der Waals surface area contributed by atoms with E-state index < -0.39 is 23.5 Å². The number of aromatic nitrogens is 1. The van der Waals surface area contributed by atoms with Crippen LogP contribution in [0, 0.1) is 11.8 Å². The summed E-state index contributed by atoms with van der Waals surface area (Å²) in [5.74, 6) is -3.33. The van der Waals surface area contributed by atoms with E-state index in [-0.39, 0.29) is 29.9 Å². The Balaban J connectivity index is 1.13. The monoisotopic (exact) mass is 595 g/mol. The number of rotatable bonds is 5. The third-order valence-corrected chi connectivity index (χ3v) is 10.8. The quantitative estimate of drug-likeness (QED) is 0.419. The minimum absolute atomic E-state index is 0.179. The average Bonchev–Trinajstić information content (AvgIpc) is 3.71. The summed E-state index contributed by atoms with van der Waals surface area (Å²) in [6.45, 7) is 5.81. The molecule has 3 saturated heterocycles. The molecule has 0 unspecified atom stereocenters. The number of piperazine rings is 1. The van der Waals surface area contributed by atoms with Gasteiger partial charge >= 0.3 is 0 Å². The Morgan fingerprint density at radius 2 is 1.98 bits per heavy atom. The smallest absolute Gasteiger partial charge is 0.280 e. The molecular weight excluding hydrogens is 554 g/mol. The third-order valence-electron chi connectivity index (χ3n) is 10.8. The Morgan fingerprint density at radius 3 is 2.77 bits per heavy atom. The van der Waals surface area contributed by atoms with Crippen molar-refractivity contribution in [1.29, 1.82) is 0 Å². The van der Waals surface area contributed by atoms with Crippen molar-refractivity contribution < 1.29 is 19.4 Å². The zero-order valence-corrected chi connectivity index (χ0v) is 25.6. The van der Waals surface area contributed by atoms with Crippen LogP contribution >= 0.6 is 0 Å². The molecule has 5 heterocycles. The lowest BCUT2D eigenvalue weighted by Crippen LogP contribution is -2.69. The van der Waals surface area contributed by atoms with Crippen LogP contribution in [0.4, 0.5) is 0 Å². The predicted octanol–water partition coefficient (Wildman–Crippen LogP) is 3.10. The Labute approximate surface area is 257 Å². The van der Waals surface area contributed by atoms with Gasteiger partial charge in [-0.1, -0.05) is 62.4 Å². The second-order valence-corrected chi connectivity index (χ2v) is 13.7. The van der Waals surface area contributed by atoms with E-state index in [0.717, 1.165) is 48.0 Å². The topological polar surface area (TPSA) is 101 Å². The fourth-order valence-corrected chi connectivity index (χ4v) is 8.65. The van der Waals surface area contributed by atoms with Crippen LogP contribution < -0.4 is 5.32 Å². The van der Waals surface area contributed by atoms with Gasteiger partial charge < -0.3 is 15.4 Å². The molecule has 5 aliphatic rings. The number of H-pyrrole nitrogens is 1. The van der Waals surface area contributed by atoms with Crippen LogP contribution in [-0.4, -0.2) is 93.0 Å². The standard InChI is InChI=1S/C35H41N5O4/c1-21(2)34(33(42)40-25(15-22-9-5-4-6-10-22)20-39-14-8-13-30(39)35(40,43)44-34)37-32(41)24-16-27-26-11-7-12-28-31(26)23(18-36-28)17-29(27)38(3)19-24/h4-7,9-12,16,18,21,24-25,29-30,36,43H,8,13-15,17,19-20H2,1-3H3,(H,37,41)/t24-,25-,29+,30-,34+,35-/m0/s1. The van der Waals surface area contributed by atoms with Crippen molar-refractivity contribution in [3.8, 4) is 0 Å². The van der Waals surface area contributed by atoms with E-state index in [1.807, 2.05) is 32.0 Å². The van der Waals surface area contributed by atoms with E-state index in [1.165, 1.54) is 10.9 Å². The molecule has 6 atom stereocenters. The number of nitrogens with one attached hydrogen (secondary N) is 2. The molecule has 0 spiro atoms. The first-order chi connectivity index (χ1) is 21.2. The van der Waals surface area contributed by atoms with Gasteiger partial charge in [0.2, 0.25) is 11.6 Å². The number of likely N-dealkylation sites (N-methyl/N-ethyl adjacent to an activating group) is 1. The minimum atomic E-state index is -1.82. The number of carbonyl (C=O) groups excluding carboxylic acids is 2. The second kappa shape index (κ2) is 10.0. The van der Waals surface area contributed by atoms with Crippen LogP contribution in [0.3, 0.4) is 0 Å². The minimum Gasteiger partial charge on any atom is -0.361 e. The number of aliphatic hydroxyl groups is 1. The number of fused-ring (bicyclic) bond motifs is 5. The molecule has 230 valence electrons. The van der Waals surface area contributed by atoms with Gasteiger partial charge in [-0.05, 0) is 67.6 Å². The Morgan fingerprint density at radius 1 is 1.16 bits per heavy atom. The van der Waals surface area contributed by atoms with Crippen LogP contribution in [0.2, 0.25) is 0 Å². The second-order valence-electron chi connectivity index (χ2n) is 13.7. The van der Waals surface area contributed by atoms with Crippen molar-refractivity contribution >= 4 is 28.3 Å². The summed E-state index contributed by atoms with van der Waals surface area (Å²) in [6.07, 6.45) is 7.33. The molecule has 8 rings (SSSR count). The van der Waals surface area contributed by atoms with Crippen LogP contribution in [0.5, 0.6) is 0 Å². The van der Waals surface area contributed by atoms with Crippen LogP contribution in [-0.2, 0) is 27.2 Å². The molecule has 3 N–H and O–H groups in total. The van der Waals surface area contributed by atoms with Crippen molar-refractivity contribution in [2.24, 2.45) is 11.8 Å². The van der Waals surface area contributed by atoms with Gasteiger partial charge in [-0.15, -0.1) is 0 Å². The number of hydrogen-bond acceptors (Lipinski definition) is 6. The summed E-state index contributed by atoms with van der Waals surface area (Å²) in [4.78, 5) is 38.3. The first kappa shape index (κ1) is 28.0. The Hall–Kier alpha value is -3.50. The van der Waals surface area contributed by atoms with Crippen molar-refractivity contribution in [1.82, 2.24) is 25.0 Å². The summed E-state index contributed by atoms with van der Waals surface area (Å²) in [6, 6.07) is 15.9. The molecule has 0 bridgehead atoms. The number of benzene rings is 2. The van der Waals surface area contributed by atoms with Gasteiger partial charge in [-0.3, -0.25) is 29.0 Å². The number of amides is 2. The van der Waals surface area contributed by atoms with Crippen molar-refractivity contribution in [3.05, 3.63) is 77.5 Å². The molecule has 2 aromatic carbocycles. The van der Waals surface area contributed by atoms with E-state index in [4.69, 9.17) is 4.74 Å². The number of carbonyl (C=O) groups is 2. The number of nitrogens with zero attached hydrogens (tertiary/aromatic N) is 3. The molecule has 4 aliphatic heterocycles. The summed E-state index contributed by atoms with van der Waals surface area (Å²) < 4.78 is 6.59. The first-order valence-electron chi connectivity index (χ1n) is 16.1. The molecule has 1 aliphatic carbocycles. The number of hydrogen-bond donors (Lipinski definition) is 3. The van der Waals surface area contributed by atoms with E-state index >= 15 is 0 Å². The van der Waals surface area contributed by atoms with E-state index in [0.29, 0.717) is 19.5 Å². The SMILES string of the molecule is CC(C)[C@@]1(NC(=O)[C@H]2C=C3c4cccc5[nH]cc(c45)C[C@H]3N(C)C2)O[C@@]2(O)[C@@H]3CCCN3C[C@H](Cc3ccccc3)N2C1=O. The fourth-order valence-electron chi connectivity index (χ4n) is 8.65. The normalized spacial score (nSPS) is 33.3. The molecule has 1 aromatic heterocycles. The van der Waals surface area contributed by atoms with Crippen molar-refractivity contribution in [2.75, 3.05) is 26.7 Å². The van der Waals surface area contributed by atoms with Crippen LogP contribution in [0.25, 0.3) is 16.5 Å². The van der Waals surface area contributed by atoms with E-state index in [9.17, 15) is 14.7 Å². The van der Waals surface area contributed by atoms with Gasteiger partial charge in [0.05, 0.1) is 18.0 Å². The lowest BCUT2D eigenvalue weighted by molar-refractivity contribution is -0.328. The zero-order chi connectivity index (χ0) is 30.4. The molecule has 2 amide bonds. The highest BCUT2D eigenvalue weighted by molar-refractivity contribution is 6.00. The van der Waals surface area contributed by atoms with Gasteiger partial charge in [-0.25, -0.2) is 0 Å². The van der Waals surface area contributed by atoms with Gasteiger partial charge in [0.15, 0.2) is 0 Å². The highest BCUT2D eigenvalue weighted by Crippen LogP contribution is 2.48. The summed E-state index contributed by atoms with van der Waals surface area (Å²) >= 11 is 0. The average molecular weight is 596 g/mol. The van der Waals surface area contributed by atoms with E-state index in [2.05, 4.69) is 69.8 Å². The lowest BCUT2D eigenvalue weighted by Gasteiger charge is -2.49. The van der Waals surface area contributed by atoms with Crippen LogP contribution in [0.15, 0.2) is 60.8 Å². The maximum Gasteiger partial charge on any atom is 0.280 e. The zero-order valence-electron chi connectivity index (χ0n) is 25.6. The third kappa shape index (κ3) is 3.99. The highest BCUT2D eigenvalue weighted by atomic mass is 16.7. The highest BCUT2D eigenvalue weighted by Gasteiger charge is 2.70. The largest absolute Gasteiger partial charge is 0.361 e. The Kier molecular flexibility index (Phi) is 6.37. The van der Waals surface area contributed by atoms with Gasteiger partial charge in [0.25, 0.3) is 11.8 Å². The lowest BCUT2D eigenvalue weighted by atomic mass is 9.79. The summed E-state index contributed by atoms with van der Waals surface area (Å²) in [5, 5.41) is 16.7. The van der Waals surface area contributed by atoms with Crippen molar-refractivity contribution in [3.63, 3.8) is 0 Å². The van der Waals surface area contributed by atoms with Gasteiger partial charge in [0, 0.05) is 42.1 Å². The molecular formula is C35H41N5O4. The number of aromatic amines is 1. The molecule has 0 saturated carbocycles. The summed E-state index contributed by atoms with van der Waals surface area (Å²) in [7, 11) is 2.07. The molecule has 44 heavy (non-hydrogen) atoms. The van der Waals surface area contributed by atoms with Gasteiger partial charge in [0.1, 0.15) is 0 Å². The first-order valence-corrected chi connectivity index (χ1v) is 16.1. The molecule has 9 heteroatoms. The maximum absolute atomic E-state index is 14.6. The molecule has 3 aromatic rings. The van der Waals surface area contributed by atoms with Crippen molar-refractivity contribution in [2.45, 2.75) is 69.3 Å². The van der Waals surface area contributed by atoms with Gasteiger partial charge in [-0.2, -0.15) is 0 Å².